The van der Waals surface area contributed by atoms with Gasteiger partial charge in [-0.25, -0.2) is 14.4 Å². The van der Waals surface area contributed by atoms with E-state index in [1.165, 1.54) is 6.07 Å². The predicted molar refractivity (Wildman–Crippen MR) is 94.6 cm³/mol. The molecule has 4 aromatic rings. The number of para-hydroxylation sites is 2. The molecular weight excluding hydrogens is 317 g/mol. The molecule has 1 aromatic heterocycles. The summed E-state index contributed by atoms with van der Waals surface area (Å²) in [7, 11) is 0. The third-order valence-electron chi connectivity index (χ3n) is 4.00. The number of rotatable bonds is 3. The van der Waals surface area contributed by atoms with Crippen LogP contribution >= 0.6 is 0 Å². The molecule has 5 heteroatoms. The van der Waals surface area contributed by atoms with Crippen molar-refractivity contribution >= 4 is 28.0 Å². The van der Waals surface area contributed by atoms with Gasteiger partial charge in [-0.1, -0.05) is 30.3 Å². The highest BCUT2D eigenvalue weighted by molar-refractivity contribution is 5.98. The normalized spacial score (nSPS) is 10.9. The Kier molecular flexibility index (Phi) is 3.82. The molecule has 0 saturated heterocycles. The van der Waals surface area contributed by atoms with E-state index in [9.17, 15) is 9.18 Å². The van der Waals surface area contributed by atoms with Gasteiger partial charge in [0.05, 0.1) is 22.1 Å². The predicted octanol–water partition coefficient (Wildman–Crippen LogP) is 3.85. The fourth-order valence-electron chi connectivity index (χ4n) is 2.68. The van der Waals surface area contributed by atoms with Crippen molar-refractivity contribution in [2.24, 2.45) is 0 Å². The molecule has 1 amide bonds. The number of nitrogens with one attached hydrogen (secondary N) is 1. The number of nitrogens with zero attached hydrogens (tertiary/aromatic N) is 2. The Balaban J connectivity index is 1.61. The summed E-state index contributed by atoms with van der Waals surface area (Å²) in [5.41, 5.74) is 3.88. The van der Waals surface area contributed by atoms with E-state index in [4.69, 9.17) is 0 Å². The molecule has 0 fully saturated rings. The Hall–Kier alpha value is -3.34. The quantitative estimate of drug-likeness (QED) is 0.580. The number of aromatic nitrogens is 2. The monoisotopic (exact) mass is 331 g/mol. The van der Waals surface area contributed by atoms with Crippen LogP contribution in [0.1, 0.15) is 15.9 Å². The SMILES string of the molecule is O=C(NCc1ccccc1F)c1ccc2nc3ccccc3nc2c1. The van der Waals surface area contributed by atoms with Gasteiger partial charge in [-0.05, 0) is 36.4 Å². The maximum Gasteiger partial charge on any atom is 0.251 e. The van der Waals surface area contributed by atoms with E-state index in [0.29, 0.717) is 16.6 Å². The summed E-state index contributed by atoms with van der Waals surface area (Å²) in [4.78, 5) is 21.4. The molecule has 0 aliphatic carbocycles. The van der Waals surface area contributed by atoms with Gasteiger partial charge in [0.1, 0.15) is 5.82 Å². The fourth-order valence-corrected chi connectivity index (χ4v) is 2.68. The molecule has 1 N–H and O–H groups in total. The lowest BCUT2D eigenvalue weighted by Crippen LogP contribution is -2.23. The Morgan fingerprint density at radius 2 is 1.48 bits per heavy atom. The zero-order valence-electron chi connectivity index (χ0n) is 13.2. The summed E-state index contributed by atoms with van der Waals surface area (Å²) in [6.07, 6.45) is 0. The molecule has 0 unspecified atom stereocenters. The molecule has 122 valence electrons. The van der Waals surface area contributed by atoms with E-state index < -0.39 is 0 Å². The zero-order chi connectivity index (χ0) is 17.2. The van der Waals surface area contributed by atoms with Gasteiger partial charge in [0.15, 0.2) is 0 Å². The number of carbonyl (C=O) groups excluding carboxylic acids is 1. The van der Waals surface area contributed by atoms with Crippen LogP contribution < -0.4 is 5.32 Å². The smallest absolute Gasteiger partial charge is 0.251 e. The lowest BCUT2D eigenvalue weighted by Gasteiger charge is -2.07. The molecule has 3 aromatic carbocycles. The number of benzene rings is 3. The van der Waals surface area contributed by atoms with Gasteiger partial charge in [-0.2, -0.15) is 0 Å². The molecule has 0 atom stereocenters. The van der Waals surface area contributed by atoms with Crippen LogP contribution in [0.15, 0.2) is 66.7 Å². The van der Waals surface area contributed by atoms with E-state index in [1.54, 1.807) is 36.4 Å². The number of fused-ring (bicyclic) bond motifs is 2. The first-order valence-corrected chi connectivity index (χ1v) is 7.89. The van der Waals surface area contributed by atoms with Crippen LogP contribution in [0.3, 0.4) is 0 Å². The van der Waals surface area contributed by atoms with E-state index in [-0.39, 0.29) is 18.3 Å². The largest absolute Gasteiger partial charge is 0.348 e. The van der Waals surface area contributed by atoms with Crippen LogP contribution in [0.25, 0.3) is 22.1 Å². The second-order valence-corrected chi connectivity index (χ2v) is 5.69. The molecule has 0 aliphatic heterocycles. The first-order chi connectivity index (χ1) is 12.2. The number of halogens is 1. The molecule has 0 aliphatic rings. The fraction of sp³-hybridized carbons (Fsp3) is 0.0500. The molecule has 0 radical (unpaired) electrons. The molecule has 1 heterocycles. The van der Waals surface area contributed by atoms with Gasteiger partial charge in [0.2, 0.25) is 0 Å². The van der Waals surface area contributed by atoms with Crippen molar-refractivity contribution in [1.29, 1.82) is 0 Å². The van der Waals surface area contributed by atoms with Crippen molar-refractivity contribution in [2.45, 2.75) is 6.54 Å². The molecule has 25 heavy (non-hydrogen) atoms. The Morgan fingerprint density at radius 1 is 0.840 bits per heavy atom. The van der Waals surface area contributed by atoms with Crippen molar-refractivity contribution in [2.75, 3.05) is 0 Å². The van der Waals surface area contributed by atoms with Crippen molar-refractivity contribution in [3.8, 4) is 0 Å². The van der Waals surface area contributed by atoms with Gasteiger partial charge >= 0.3 is 0 Å². The Bertz CT molecular complexity index is 1090. The van der Waals surface area contributed by atoms with Crippen molar-refractivity contribution < 1.29 is 9.18 Å². The Morgan fingerprint density at radius 3 is 2.24 bits per heavy atom. The number of amides is 1. The minimum absolute atomic E-state index is 0.132. The third-order valence-corrected chi connectivity index (χ3v) is 4.00. The van der Waals surface area contributed by atoms with Crippen LogP contribution in [-0.2, 0) is 6.54 Å². The maximum atomic E-state index is 13.6. The number of carbonyl (C=O) groups is 1. The van der Waals surface area contributed by atoms with Crippen LogP contribution in [0.4, 0.5) is 4.39 Å². The molecular formula is C20H14FN3O. The Labute approximate surface area is 143 Å². The second-order valence-electron chi connectivity index (χ2n) is 5.69. The molecule has 4 rings (SSSR count). The average molecular weight is 331 g/mol. The van der Waals surface area contributed by atoms with E-state index in [0.717, 1.165) is 16.6 Å². The highest BCUT2D eigenvalue weighted by Gasteiger charge is 2.09. The van der Waals surface area contributed by atoms with Crippen LogP contribution in [0.5, 0.6) is 0 Å². The summed E-state index contributed by atoms with van der Waals surface area (Å²) in [6.45, 7) is 0.132. The molecule has 0 spiro atoms. The molecule has 4 nitrogen and oxygen atoms in total. The highest BCUT2D eigenvalue weighted by Crippen LogP contribution is 2.17. The first kappa shape index (κ1) is 15.2. The van der Waals surface area contributed by atoms with Gasteiger partial charge < -0.3 is 5.32 Å². The van der Waals surface area contributed by atoms with Crippen LogP contribution in [-0.4, -0.2) is 15.9 Å². The van der Waals surface area contributed by atoms with Crippen molar-refractivity contribution in [1.82, 2.24) is 15.3 Å². The summed E-state index contributed by atoms with van der Waals surface area (Å²) in [5, 5.41) is 2.73. The highest BCUT2D eigenvalue weighted by atomic mass is 19.1. The first-order valence-electron chi connectivity index (χ1n) is 7.89. The molecule has 0 bridgehead atoms. The standard InChI is InChI=1S/C20H14FN3O/c21-15-6-2-1-5-14(15)12-22-20(25)13-9-10-18-19(11-13)24-17-8-4-3-7-16(17)23-18/h1-11H,12H2,(H,22,25). The van der Waals surface area contributed by atoms with Gasteiger partial charge in [-0.3, -0.25) is 4.79 Å². The number of hydrogen-bond acceptors (Lipinski definition) is 3. The van der Waals surface area contributed by atoms with E-state index >= 15 is 0 Å². The average Bonchev–Trinajstić information content (AvgIpc) is 2.65. The minimum Gasteiger partial charge on any atom is -0.348 e. The minimum atomic E-state index is -0.335. The lowest BCUT2D eigenvalue weighted by atomic mass is 10.1. The summed E-state index contributed by atoms with van der Waals surface area (Å²) >= 11 is 0. The zero-order valence-corrected chi connectivity index (χ0v) is 13.2. The van der Waals surface area contributed by atoms with Crippen LogP contribution in [0, 0.1) is 5.82 Å². The topological polar surface area (TPSA) is 54.9 Å². The van der Waals surface area contributed by atoms with E-state index in [1.807, 2.05) is 24.3 Å². The van der Waals surface area contributed by atoms with Crippen LogP contribution in [0.2, 0.25) is 0 Å². The maximum absolute atomic E-state index is 13.6. The van der Waals surface area contributed by atoms with Crippen molar-refractivity contribution in [3.63, 3.8) is 0 Å². The van der Waals surface area contributed by atoms with Gasteiger partial charge in [0.25, 0.3) is 5.91 Å². The van der Waals surface area contributed by atoms with E-state index in [2.05, 4.69) is 15.3 Å². The van der Waals surface area contributed by atoms with Gasteiger partial charge in [0, 0.05) is 17.7 Å². The summed E-state index contributed by atoms with van der Waals surface area (Å²) < 4.78 is 13.6. The number of hydrogen-bond donors (Lipinski definition) is 1. The van der Waals surface area contributed by atoms with Crippen molar-refractivity contribution in [3.05, 3.63) is 83.7 Å². The lowest BCUT2D eigenvalue weighted by molar-refractivity contribution is 0.0950. The van der Waals surface area contributed by atoms with Gasteiger partial charge in [-0.15, -0.1) is 0 Å². The third kappa shape index (κ3) is 3.04. The second kappa shape index (κ2) is 6.28. The summed E-state index contributed by atoms with van der Waals surface area (Å²) in [6, 6.07) is 19.1. The molecule has 0 saturated carbocycles. The summed E-state index contributed by atoms with van der Waals surface area (Å²) in [5.74, 6) is -0.612.